The van der Waals surface area contributed by atoms with Crippen molar-refractivity contribution in [3.63, 3.8) is 0 Å². The molecule has 0 spiro atoms. The molecule has 0 saturated carbocycles. The van der Waals surface area contributed by atoms with Gasteiger partial charge < -0.3 is 14.5 Å². The number of carbonyl (C=O) groups is 1. The number of halogens is 1. The van der Waals surface area contributed by atoms with Crippen molar-refractivity contribution in [2.75, 3.05) is 31.1 Å². The van der Waals surface area contributed by atoms with E-state index in [-0.39, 0.29) is 11.7 Å². The number of piperazine rings is 1. The van der Waals surface area contributed by atoms with Crippen LogP contribution < -0.4 is 10.5 Å². The van der Waals surface area contributed by atoms with Crippen molar-refractivity contribution in [1.82, 2.24) is 15.1 Å². The molecule has 0 aromatic carbocycles. The van der Waals surface area contributed by atoms with Gasteiger partial charge in [-0.1, -0.05) is 0 Å². The summed E-state index contributed by atoms with van der Waals surface area (Å²) in [6, 6.07) is 0. The second-order valence-electron chi connectivity index (χ2n) is 5.85. The highest BCUT2D eigenvalue weighted by atomic mass is 79.9. The van der Waals surface area contributed by atoms with Gasteiger partial charge in [0.1, 0.15) is 10.1 Å². The van der Waals surface area contributed by atoms with Crippen LogP contribution in [0.25, 0.3) is 0 Å². The summed E-state index contributed by atoms with van der Waals surface area (Å²) < 4.78 is 5.81. The SMILES string of the molecule is CC(C)(C)OC(=O)N1CCN(c2cn[nH]c(=O)c2Br)CC1. The van der Waals surface area contributed by atoms with E-state index < -0.39 is 5.60 Å². The zero-order chi connectivity index (χ0) is 15.6. The van der Waals surface area contributed by atoms with E-state index in [9.17, 15) is 9.59 Å². The molecule has 0 atom stereocenters. The number of hydrogen-bond acceptors (Lipinski definition) is 5. The van der Waals surface area contributed by atoms with Crippen LogP contribution in [0.1, 0.15) is 20.8 Å². The van der Waals surface area contributed by atoms with Crippen molar-refractivity contribution in [1.29, 1.82) is 0 Å². The molecular weight excluding hydrogens is 340 g/mol. The minimum Gasteiger partial charge on any atom is -0.444 e. The number of nitrogens with zero attached hydrogens (tertiary/aromatic N) is 3. The van der Waals surface area contributed by atoms with Crippen LogP contribution in [0.5, 0.6) is 0 Å². The van der Waals surface area contributed by atoms with Gasteiger partial charge in [0.2, 0.25) is 0 Å². The molecule has 7 nitrogen and oxygen atoms in total. The smallest absolute Gasteiger partial charge is 0.410 e. The van der Waals surface area contributed by atoms with Crippen LogP contribution in [0.15, 0.2) is 15.5 Å². The summed E-state index contributed by atoms with van der Waals surface area (Å²) in [5.41, 5.74) is -0.0156. The first-order valence-electron chi connectivity index (χ1n) is 6.74. The van der Waals surface area contributed by atoms with E-state index in [4.69, 9.17) is 4.74 Å². The van der Waals surface area contributed by atoms with Crippen molar-refractivity contribution in [3.05, 3.63) is 21.0 Å². The number of aromatic amines is 1. The Hall–Kier alpha value is -1.57. The third kappa shape index (κ3) is 3.96. The van der Waals surface area contributed by atoms with Crippen LogP contribution in [0.3, 0.4) is 0 Å². The van der Waals surface area contributed by atoms with Gasteiger partial charge in [0.15, 0.2) is 0 Å². The van der Waals surface area contributed by atoms with Crippen LogP contribution in [0, 0.1) is 0 Å². The number of amides is 1. The molecule has 2 rings (SSSR count). The number of anilines is 1. The van der Waals surface area contributed by atoms with E-state index in [0.717, 1.165) is 5.69 Å². The molecule has 0 aliphatic carbocycles. The Kier molecular flexibility index (Phi) is 4.55. The van der Waals surface area contributed by atoms with E-state index >= 15 is 0 Å². The highest BCUT2D eigenvalue weighted by Crippen LogP contribution is 2.22. The van der Waals surface area contributed by atoms with Crippen molar-refractivity contribution < 1.29 is 9.53 Å². The summed E-state index contributed by atoms with van der Waals surface area (Å²) in [6.45, 7) is 7.90. The lowest BCUT2D eigenvalue weighted by Gasteiger charge is -2.36. The van der Waals surface area contributed by atoms with Crippen molar-refractivity contribution in [2.24, 2.45) is 0 Å². The minimum atomic E-state index is -0.492. The first-order chi connectivity index (χ1) is 9.78. The van der Waals surface area contributed by atoms with Crippen molar-refractivity contribution in [3.8, 4) is 0 Å². The number of aromatic nitrogens is 2. The maximum atomic E-state index is 12.0. The third-order valence-electron chi connectivity index (χ3n) is 3.05. The highest BCUT2D eigenvalue weighted by molar-refractivity contribution is 9.10. The number of ether oxygens (including phenoxy) is 1. The molecule has 1 saturated heterocycles. The van der Waals surface area contributed by atoms with Gasteiger partial charge in [-0.3, -0.25) is 4.79 Å². The second kappa shape index (κ2) is 6.05. The Balaban J connectivity index is 1.99. The zero-order valence-corrected chi connectivity index (χ0v) is 13.9. The summed E-state index contributed by atoms with van der Waals surface area (Å²) >= 11 is 3.27. The standard InChI is InChI=1S/C13H19BrN4O3/c1-13(2,3)21-12(20)18-6-4-17(5-7-18)9-8-15-16-11(19)10(9)14/h8H,4-7H2,1-3H3,(H,16,19). The summed E-state index contributed by atoms with van der Waals surface area (Å²) in [6.07, 6.45) is 1.31. The third-order valence-corrected chi connectivity index (χ3v) is 3.82. The molecule has 1 aliphatic rings. The van der Waals surface area contributed by atoms with Gasteiger partial charge in [-0.05, 0) is 36.7 Å². The summed E-state index contributed by atoms with van der Waals surface area (Å²) in [5, 5.41) is 6.18. The molecule has 1 aromatic rings. The van der Waals surface area contributed by atoms with E-state index in [2.05, 4.69) is 26.1 Å². The fraction of sp³-hybridized carbons (Fsp3) is 0.615. The lowest BCUT2D eigenvalue weighted by molar-refractivity contribution is 0.0240. The maximum Gasteiger partial charge on any atom is 0.410 e. The normalized spacial score (nSPS) is 16.0. The molecule has 8 heteroatoms. The predicted molar refractivity (Wildman–Crippen MR) is 82.6 cm³/mol. The number of H-pyrrole nitrogens is 1. The van der Waals surface area contributed by atoms with Crippen LogP contribution in [0.4, 0.5) is 10.5 Å². The number of nitrogens with one attached hydrogen (secondary N) is 1. The quantitative estimate of drug-likeness (QED) is 0.824. The molecule has 21 heavy (non-hydrogen) atoms. The Morgan fingerprint density at radius 3 is 2.52 bits per heavy atom. The van der Waals surface area contributed by atoms with Crippen molar-refractivity contribution in [2.45, 2.75) is 26.4 Å². The molecule has 1 amide bonds. The minimum absolute atomic E-state index is 0.262. The highest BCUT2D eigenvalue weighted by Gasteiger charge is 2.26. The first-order valence-corrected chi connectivity index (χ1v) is 7.53. The van der Waals surface area contributed by atoms with Crippen molar-refractivity contribution >= 4 is 27.7 Å². The van der Waals surface area contributed by atoms with E-state index in [0.29, 0.717) is 30.7 Å². The molecule has 1 N–H and O–H groups in total. The van der Waals surface area contributed by atoms with Gasteiger partial charge in [0.05, 0.1) is 11.9 Å². The van der Waals surface area contributed by atoms with E-state index in [1.165, 1.54) is 0 Å². The topological polar surface area (TPSA) is 78.5 Å². The first kappa shape index (κ1) is 15.8. The molecule has 0 radical (unpaired) electrons. The molecule has 116 valence electrons. The average Bonchev–Trinajstić information content (AvgIpc) is 2.40. The van der Waals surface area contributed by atoms with Gasteiger partial charge in [0.25, 0.3) is 5.56 Å². The summed E-state index contributed by atoms with van der Waals surface area (Å²) in [4.78, 5) is 27.2. The Labute approximate surface area is 131 Å². The van der Waals surface area contributed by atoms with Gasteiger partial charge in [0, 0.05) is 26.2 Å². The van der Waals surface area contributed by atoms with Gasteiger partial charge in [-0.15, -0.1) is 0 Å². The van der Waals surface area contributed by atoms with E-state index in [1.54, 1.807) is 11.1 Å². The maximum absolute atomic E-state index is 12.0. The summed E-state index contributed by atoms with van der Waals surface area (Å²) in [5.74, 6) is 0. The largest absolute Gasteiger partial charge is 0.444 e. The molecule has 1 fully saturated rings. The number of rotatable bonds is 1. The van der Waals surface area contributed by atoms with Crippen LogP contribution in [-0.4, -0.2) is 53.0 Å². The van der Waals surface area contributed by atoms with Crippen LogP contribution in [0.2, 0.25) is 0 Å². The lowest BCUT2D eigenvalue weighted by atomic mass is 10.2. The van der Waals surface area contributed by atoms with Gasteiger partial charge in [-0.2, -0.15) is 5.10 Å². The van der Waals surface area contributed by atoms with Gasteiger partial charge >= 0.3 is 6.09 Å². The molecule has 0 unspecified atom stereocenters. The number of carbonyl (C=O) groups excluding carboxylic acids is 1. The lowest BCUT2D eigenvalue weighted by Crippen LogP contribution is -2.50. The molecule has 1 aromatic heterocycles. The van der Waals surface area contributed by atoms with Crippen LogP contribution in [-0.2, 0) is 4.74 Å². The van der Waals surface area contributed by atoms with Gasteiger partial charge in [-0.25, -0.2) is 9.89 Å². The Morgan fingerprint density at radius 1 is 1.33 bits per heavy atom. The fourth-order valence-electron chi connectivity index (χ4n) is 2.05. The summed E-state index contributed by atoms with van der Waals surface area (Å²) in [7, 11) is 0. The molecule has 1 aliphatic heterocycles. The second-order valence-corrected chi connectivity index (χ2v) is 6.65. The van der Waals surface area contributed by atoms with Crippen LogP contribution >= 0.6 is 15.9 Å². The average molecular weight is 359 g/mol. The predicted octanol–water partition coefficient (Wildman–Crippen LogP) is 1.59. The number of hydrogen-bond donors (Lipinski definition) is 1. The molecule has 0 bridgehead atoms. The monoisotopic (exact) mass is 358 g/mol. The Morgan fingerprint density at radius 2 is 1.95 bits per heavy atom. The Bertz CT molecular complexity index is 574. The van der Waals surface area contributed by atoms with E-state index in [1.807, 2.05) is 25.7 Å². The molecular formula is C13H19BrN4O3. The molecule has 2 heterocycles. The zero-order valence-electron chi connectivity index (χ0n) is 12.4. The fourth-order valence-corrected chi connectivity index (χ4v) is 2.49.